The highest BCUT2D eigenvalue weighted by molar-refractivity contribution is 5.33. The van der Waals surface area contributed by atoms with Crippen molar-refractivity contribution in [3.63, 3.8) is 0 Å². The second-order valence-electron chi connectivity index (χ2n) is 6.48. The fourth-order valence-corrected chi connectivity index (χ4v) is 4.05. The molecular weight excluding hydrogens is 214 g/mol. The molecule has 0 aromatic carbocycles. The first-order valence-electron chi connectivity index (χ1n) is 6.32. The summed E-state index contributed by atoms with van der Waals surface area (Å²) < 4.78 is 0. The third-order valence-electron chi connectivity index (χ3n) is 4.81. The Bertz CT molecular complexity index is 405. The van der Waals surface area contributed by atoms with E-state index in [0.717, 1.165) is 19.3 Å². The van der Waals surface area contributed by atoms with Gasteiger partial charge in [-0.05, 0) is 37.0 Å². The number of aliphatic hydroxyl groups is 2. The standard InChI is InChI=1S/C14H21NO2/c1-13(2)11-5-4-10(16)7-14(11,3)6-9(8-15)12(13)17/h10-11,16-17H,4-7H2,1-3H3/t10-,11-,14+/m0/s1. The zero-order valence-corrected chi connectivity index (χ0v) is 10.8. The van der Waals surface area contributed by atoms with Gasteiger partial charge in [0.15, 0.2) is 0 Å². The van der Waals surface area contributed by atoms with Crippen molar-refractivity contribution in [3.05, 3.63) is 11.3 Å². The van der Waals surface area contributed by atoms with Gasteiger partial charge in [-0.2, -0.15) is 5.26 Å². The molecule has 2 rings (SSSR count). The molecule has 0 unspecified atom stereocenters. The summed E-state index contributed by atoms with van der Waals surface area (Å²) in [5, 5.41) is 29.2. The van der Waals surface area contributed by atoms with Crippen molar-refractivity contribution in [1.82, 2.24) is 0 Å². The molecule has 2 aliphatic rings. The lowest BCUT2D eigenvalue weighted by Gasteiger charge is -2.53. The Morgan fingerprint density at radius 2 is 1.94 bits per heavy atom. The monoisotopic (exact) mass is 235 g/mol. The normalized spacial score (nSPS) is 40.6. The van der Waals surface area contributed by atoms with E-state index in [1.165, 1.54) is 0 Å². The summed E-state index contributed by atoms with van der Waals surface area (Å²) >= 11 is 0. The molecule has 3 atom stereocenters. The fraction of sp³-hybridized carbons (Fsp3) is 0.786. The summed E-state index contributed by atoms with van der Waals surface area (Å²) in [5.74, 6) is 0.606. The van der Waals surface area contributed by atoms with Gasteiger partial charge in [0.1, 0.15) is 5.76 Å². The summed E-state index contributed by atoms with van der Waals surface area (Å²) in [7, 11) is 0. The first-order valence-corrected chi connectivity index (χ1v) is 6.32. The molecule has 0 aliphatic heterocycles. The smallest absolute Gasteiger partial charge is 0.112 e. The van der Waals surface area contributed by atoms with E-state index in [4.69, 9.17) is 5.26 Å². The van der Waals surface area contributed by atoms with E-state index in [-0.39, 0.29) is 22.7 Å². The van der Waals surface area contributed by atoms with Crippen LogP contribution in [0.15, 0.2) is 11.3 Å². The Morgan fingerprint density at radius 1 is 1.29 bits per heavy atom. The molecular formula is C14H21NO2. The average molecular weight is 235 g/mol. The van der Waals surface area contributed by atoms with Gasteiger partial charge in [-0.25, -0.2) is 0 Å². The van der Waals surface area contributed by atoms with Crippen molar-refractivity contribution in [2.45, 2.75) is 52.6 Å². The first-order chi connectivity index (χ1) is 7.81. The maximum absolute atomic E-state index is 10.2. The molecule has 3 heteroatoms. The predicted molar refractivity (Wildman–Crippen MR) is 65.1 cm³/mol. The molecule has 2 aliphatic carbocycles. The van der Waals surface area contributed by atoms with Gasteiger partial charge in [0.2, 0.25) is 0 Å². The fourth-order valence-electron chi connectivity index (χ4n) is 4.05. The maximum atomic E-state index is 10.2. The third-order valence-corrected chi connectivity index (χ3v) is 4.81. The predicted octanol–water partition coefficient (Wildman–Crippen LogP) is 2.92. The summed E-state index contributed by atoms with van der Waals surface area (Å²) in [4.78, 5) is 0. The number of hydrogen-bond acceptors (Lipinski definition) is 3. The van der Waals surface area contributed by atoms with Gasteiger partial charge in [0, 0.05) is 5.41 Å². The molecule has 0 heterocycles. The van der Waals surface area contributed by atoms with Crippen LogP contribution >= 0.6 is 0 Å². The molecule has 17 heavy (non-hydrogen) atoms. The van der Waals surface area contributed by atoms with E-state index >= 15 is 0 Å². The summed E-state index contributed by atoms with van der Waals surface area (Å²) in [6, 6.07) is 2.13. The average Bonchev–Trinajstić information content (AvgIpc) is 2.23. The Balaban J connectivity index is 2.46. The van der Waals surface area contributed by atoms with Gasteiger partial charge in [-0.3, -0.25) is 0 Å². The number of hydrogen-bond donors (Lipinski definition) is 2. The Labute approximate surface area is 103 Å². The Morgan fingerprint density at radius 3 is 2.53 bits per heavy atom. The van der Waals surface area contributed by atoms with Crippen LogP contribution < -0.4 is 0 Å². The second-order valence-corrected chi connectivity index (χ2v) is 6.48. The Hall–Kier alpha value is -1.01. The second kappa shape index (κ2) is 3.74. The lowest BCUT2D eigenvalue weighted by molar-refractivity contribution is -0.0515. The quantitative estimate of drug-likeness (QED) is 0.678. The first kappa shape index (κ1) is 12.4. The summed E-state index contributed by atoms with van der Waals surface area (Å²) in [6.07, 6.45) is 2.80. The minimum atomic E-state index is -0.349. The number of nitrogens with zero attached hydrogens (tertiary/aromatic N) is 1. The minimum absolute atomic E-state index is 0.0571. The maximum Gasteiger partial charge on any atom is 0.112 e. The van der Waals surface area contributed by atoms with E-state index in [9.17, 15) is 10.2 Å². The molecule has 0 amide bonds. The zero-order chi connectivity index (χ0) is 12.8. The number of fused-ring (bicyclic) bond motifs is 1. The van der Waals surface area contributed by atoms with Gasteiger partial charge in [-0.1, -0.05) is 20.8 Å². The highest BCUT2D eigenvalue weighted by atomic mass is 16.3. The summed E-state index contributed by atoms with van der Waals surface area (Å²) in [5.41, 5.74) is 0.0966. The van der Waals surface area contributed by atoms with E-state index in [2.05, 4.69) is 13.0 Å². The highest BCUT2D eigenvalue weighted by Crippen LogP contribution is 2.58. The highest BCUT2D eigenvalue weighted by Gasteiger charge is 2.52. The zero-order valence-electron chi connectivity index (χ0n) is 10.8. The molecule has 0 spiro atoms. The van der Waals surface area contributed by atoms with Crippen LogP contribution in [-0.2, 0) is 0 Å². The largest absolute Gasteiger partial charge is 0.511 e. The van der Waals surface area contributed by atoms with Gasteiger partial charge in [0.05, 0.1) is 17.7 Å². The SMILES string of the molecule is CC1(C)C(O)=C(C#N)C[C@]2(C)C[C@@H](O)CC[C@@H]12. The molecule has 0 saturated heterocycles. The van der Waals surface area contributed by atoms with Gasteiger partial charge >= 0.3 is 0 Å². The molecule has 3 nitrogen and oxygen atoms in total. The van der Waals surface area contributed by atoms with Crippen LogP contribution in [0.3, 0.4) is 0 Å². The lowest BCUT2D eigenvalue weighted by atomic mass is 9.51. The molecule has 0 aromatic rings. The number of nitriles is 1. The van der Waals surface area contributed by atoms with Crippen molar-refractivity contribution in [3.8, 4) is 6.07 Å². The van der Waals surface area contributed by atoms with Crippen LogP contribution in [0.25, 0.3) is 0 Å². The molecule has 1 saturated carbocycles. The molecule has 1 fully saturated rings. The van der Waals surface area contributed by atoms with Crippen molar-refractivity contribution in [2.24, 2.45) is 16.7 Å². The van der Waals surface area contributed by atoms with Crippen molar-refractivity contribution >= 4 is 0 Å². The molecule has 0 radical (unpaired) electrons. The van der Waals surface area contributed by atoms with Gasteiger partial charge in [0.25, 0.3) is 0 Å². The van der Waals surface area contributed by atoms with Crippen LogP contribution in [0, 0.1) is 28.1 Å². The topological polar surface area (TPSA) is 64.2 Å². The van der Waals surface area contributed by atoms with Crippen molar-refractivity contribution in [2.75, 3.05) is 0 Å². The molecule has 94 valence electrons. The molecule has 2 N–H and O–H groups in total. The van der Waals surface area contributed by atoms with E-state index in [1.807, 2.05) is 13.8 Å². The number of allylic oxidation sites excluding steroid dienone is 2. The summed E-state index contributed by atoms with van der Waals surface area (Å²) in [6.45, 7) is 6.17. The van der Waals surface area contributed by atoms with Crippen LogP contribution in [0.4, 0.5) is 0 Å². The van der Waals surface area contributed by atoms with Crippen molar-refractivity contribution in [1.29, 1.82) is 5.26 Å². The van der Waals surface area contributed by atoms with E-state index in [0.29, 0.717) is 17.9 Å². The van der Waals surface area contributed by atoms with Crippen LogP contribution in [0.1, 0.15) is 46.5 Å². The van der Waals surface area contributed by atoms with Crippen molar-refractivity contribution < 1.29 is 10.2 Å². The minimum Gasteiger partial charge on any atom is -0.511 e. The van der Waals surface area contributed by atoms with Crippen LogP contribution in [-0.4, -0.2) is 16.3 Å². The Kier molecular flexibility index (Phi) is 2.74. The molecule has 0 aromatic heterocycles. The molecule has 0 bridgehead atoms. The van der Waals surface area contributed by atoms with Crippen LogP contribution in [0.5, 0.6) is 0 Å². The number of rotatable bonds is 0. The number of aliphatic hydroxyl groups excluding tert-OH is 2. The third kappa shape index (κ3) is 1.75. The van der Waals surface area contributed by atoms with E-state index in [1.54, 1.807) is 0 Å². The van der Waals surface area contributed by atoms with Gasteiger partial charge < -0.3 is 10.2 Å². The lowest BCUT2D eigenvalue weighted by Crippen LogP contribution is -2.48. The van der Waals surface area contributed by atoms with Crippen LogP contribution in [0.2, 0.25) is 0 Å². The van der Waals surface area contributed by atoms with Gasteiger partial charge in [-0.15, -0.1) is 0 Å². The van der Waals surface area contributed by atoms with E-state index < -0.39 is 0 Å².